The molecule has 1 saturated heterocycles. The van der Waals surface area contributed by atoms with Gasteiger partial charge < -0.3 is 9.47 Å². The van der Waals surface area contributed by atoms with Gasteiger partial charge in [0, 0.05) is 0 Å². The van der Waals surface area contributed by atoms with E-state index in [1.54, 1.807) is 0 Å². The van der Waals surface area contributed by atoms with Crippen LogP contribution in [0, 0.1) is 5.92 Å². The van der Waals surface area contributed by atoms with E-state index in [0.717, 1.165) is 6.42 Å². The van der Waals surface area contributed by atoms with E-state index in [4.69, 9.17) is 15.3 Å². The number of nitrogens with one attached hydrogen (secondary N) is 1. The van der Waals surface area contributed by atoms with Crippen molar-refractivity contribution in [1.82, 2.24) is 5.43 Å². The Bertz CT molecular complexity index is 233. The maximum atomic E-state index is 11.2. The number of carbonyl (C=O) groups is 1. The van der Waals surface area contributed by atoms with Crippen molar-refractivity contribution >= 4 is 5.91 Å². The van der Waals surface area contributed by atoms with Crippen molar-refractivity contribution in [2.24, 2.45) is 11.8 Å². The molecular weight excluding hydrogens is 208 g/mol. The first-order chi connectivity index (χ1) is 7.54. The van der Waals surface area contributed by atoms with E-state index in [1.165, 1.54) is 0 Å². The molecule has 5 heteroatoms. The topological polar surface area (TPSA) is 73.6 Å². The molecule has 94 valence electrons. The molecule has 1 fully saturated rings. The lowest BCUT2D eigenvalue weighted by Crippen LogP contribution is -2.39. The zero-order valence-corrected chi connectivity index (χ0v) is 10.2. The van der Waals surface area contributed by atoms with Gasteiger partial charge in [-0.1, -0.05) is 13.8 Å². The maximum absolute atomic E-state index is 11.2. The molecule has 1 heterocycles. The highest BCUT2D eigenvalue weighted by atomic mass is 16.5. The van der Waals surface area contributed by atoms with Gasteiger partial charge in [-0.2, -0.15) is 0 Å². The highest BCUT2D eigenvalue weighted by Crippen LogP contribution is 2.20. The molecule has 3 atom stereocenters. The standard InChI is InChI=1S/C11H22N2O3/c1-7(2)8(3)15-6-9-4-5-10(16-9)11(14)13-12/h7-10H,4-6,12H2,1-3H3,(H,13,14). The van der Waals surface area contributed by atoms with Crippen LogP contribution < -0.4 is 11.3 Å². The molecular formula is C11H22N2O3. The summed E-state index contributed by atoms with van der Waals surface area (Å²) in [5.74, 6) is 5.29. The molecule has 1 aliphatic heterocycles. The van der Waals surface area contributed by atoms with E-state index in [0.29, 0.717) is 18.9 Å². The number of amides is 1. The minimum Gasteiger partial charge on any atom is -0.376 e. The third kappa shape index (κ3) is 3.73. The van der Waals surface area contributed by atoms with Gasteiger partial charge in [0.25, 0.3) is 5.91 Å². The van der Waals surface area contributed by atoms with Gasteiger partial charge in [-0.15, -0.1) is 0 Å². The summed E-state index contributed by atoms with van der Waals surface area (Å²) in [7, 11) is 0. The quantitative estimate of drug-likeness (QED) is 0.412. The highest BCUT2D eigenvalue weighted by molar-refractivity contribution is 5.80. The number of hydrogen-bond acceptors (Lipinski definition) is 4. The van der Waals surface area contributed by atoms with Crippen LogP contribution in [0.4, 0.5) is 0 Å². The van der Waals surface area contributed by atoms with Crippen molar-refractivity contribution in [2.45, 2.75) is 51.9 Å². The summed E-state index contributed by atoms with van der Waals surface area (Å²) in [6.07, 6.45) is 1.39. The van der Waals surface area contributed by atoms with Gasteiger partial charge in [0.2, 0.25) is 0 Å². The Kier molecular flexibility index (Phi) is 5.18. The Morgan fingerprint density at radius 2 is 2.19 bits per heavy atom. The first-order valence-electron chi connectivity index (χ1n) is 5.82. The van der Waals surface area contributed by atoms with Gasteiger partial charge in [0.05, 0.1) is 18.8 Å². The molecule has 1 amide bonds. The van der Waals surface area contributed by atoms with Crippen LogP contribution in [0.15, 0.2) is 0 Å². The number of hydrogen-bond donors (Lipinski definition) is 2. The van der Waals surface area contributed by atoms with Crippen LogP contribution in [0.2, 0.25) is 0 Å². The Hall–Kier alpha value is -0.650. The lowest BCUT2D eigenvalue weighted by Gasteiger charge is -2.19. The van der Waals surface area contributed by atoms with Gasteiger partial charge >= 0.3 is 0 Å². The van der Waals surface area contributed by atoms with Crippen LogP contribution in [-0.2, 0) is 14.3 Å². The first kappa shape index (κ1) is 13.4. The molecule has 1 aliphatic rings. The largest absolute Gasteiger partial charge is 0.376 e. The normalized spacial score (nSPS) is 27.1. The molecule has 0 radical (unpaired) electrons. The van der Waals surface area contributed by atoms with E-state index in [2.05, 4.69) is 19.3 Å². The van der Waals surface area contributed by atoms with Gasteiger partial charge in [0.1, 0.15) is 6.10 Å². The molecule has 0 bridgehead atoms. The fraction of sp³-hybridized carbons (Fsp3) is 0.909. The highest BCUT2D eigenvalue weighted by Gasteiger charge is 2.30. The van der Waals surface area contributed by atoms with Crippen LogP contribution in [0.25, 0.3) is 0 Å². The Labute approximate surface area is 96.6 Å². The lowest BCUT2D eigenvalue weighted by molar-refractivity contribution is -0.134. The number of rotatable bonds is 5. The molecule has 3 N–H and O–H groups in total. The van der Waals surface area contributed by atoms with E-state index < -0.39 is 6.10 Å². The van der Waals surface area contributed by atoms with Crippen molar-refractivity contribution in [3.05, 3.63) is 0 Å². The Morgan fingerprint density at radius 1 is 1.50 bits per heavy atom. The second-order valence-electron chi connectivity index (χ2n) is 4.62. The smallest absolute Gasteiger partial charge is 0.263 e. The third-order valence-electron chi connectivity index (χ3n) is 3.03. The predicted octanol–water partition coefficient (Wildman–Crippen LogP) is 0.585. The van der Waals surface area contributed by atoms with Crippen molar-refractivity contribution in [3.8, 4) is 0 Å². The molecule has 3 unspecified atom stereocenters. The summed E-state index contributed by atoms with van der Waals surface area (Å²) in [6.45, 7) is 6.83. The summed E-state index contributed by atoms with van der Waals surface area (Å²) in [5.41, 5.74) is 2.11. The summed E-state index contributed by atoms with van der Waals surface area (Å²) >= 11 is 0. The number of nitrogens with two attached hydrogens (primary N) is 1. The molecule has 0 spiro atoms. The summed E-state index contributed by atoms with van der Waals surface area (Å²) < 4.78 is 11.2. The van der Waals surface area contributed by atoms with Crippen LogP contribution in [0.1, 0.15) is 33.6 Å². The molecule has 0 aromatic heterocycles. The minimum atomic E-state index is -0.409. The molecule has 16 heavy (non-hydrogen) atoms. The summed E-state index contributed by atoms with van der Waals surface area (Å²) in [5, 5.41) is 0. The predicted molar refractivity (Wildman–Crippen MR) is 60.5 cm³/mol. The van der Waals surface area contributed by atoms with Crippen LogP contribution >= 0.6 is 0 Å². The number of carbonyl (C=O) groups excluding carboxylic acids is 1. The molecule has 1 rings (SSSR count). The van der Waals surface area contributed by atoms with Crippen molar-refractivity contribution in [1.29, 1.82) is 0 Å². The van der Waals surface area contributed by atoms with Gasteiger partial charge in [-0.25, -0.2) is 5.84 Å². The minimum absolute atomic E-state index is 0.0171. The number of ether oxygens (including phenoxy) is 2. The zero-order chi connectivity index (χ0) is 12.1. The third-order valence-corrected chi connectivity index (χ3v) is 3.03. The summed E-state index contributed by atoms with van der Waals surface area (Å²) in [4.78, 5) is 11.2. The van der Waals surface area contributed by atoms with E-state index >= 15 is 0 Å². The second-order valence-corrected chi connectivity index (χ2v) is 4.62. The Balaban J connectivity index is 2.24. The fourth-order valence-electron chi connectivity index (χ4n) is 1.57. The van der Waals surface area contributed by atoms with Crippen molar-refractivity contribution in [2.75, 3.05) is 6.61 Å². The first-order valence-corrected chi connectivity index (χ1v) is 5.82. The number of hydrazine groups is 1. The van der Waals surface area contributed by atoms with Crippen LogP contribution in [0.3, 0.4) is 0 Å². The molecule has 0 aromatic rings. The average Bonchev–Trinajstić information content (AvgIpc) is 2.73. The lowest BCUT2D eigenvalue weighted by atomic mass is 10.1. The van der Waals surface area contributed by atoms with E-state index in [-0.39, 0.29) is 18.1 Å². The van der Waals surface area contributed by atoms with Crippen molar-refractivity contribution < 1.29 is 14.3 Å². The van der Waals surface area contributed by atoms with Crippen molar-refractivity contribution in [3.63, 3.8) is 0 Å². The second kappa shape index (κ2) is 6.18. The molecule has 0 aromatic carbocycles. The SMILES string of the molecule is CC(C)C(C)OCC1CCC(C(=O)NN)O1. The summed E-state index contributed by atoms with van der Waals surface area (Å²) in [6, 6.07) is 0. The van der Waals surface area contributed by atoms with Crippen LogP contribution in [-0.4, -0.2) is 30.8 Å². The van der Waals surface area contributed by atoms with E-state index in [9.17, 15) is 4.79 Å². The monoisotopic (exact) mass is 230 g/mol. The molecule has 0 aliphatic carbocycles. The van der Waals surface area contributed by atoms with Gasteiger partial charge in [-0.3, -0.25) is 10.2 Å². The fourth-order valence-corrected chi connectivity index (χ4v) is 1.57. The van der Waals surface area contributed by atoms with Crippen LogP contribution in [0.5, 0.6) is 0 Å². The maximum Gasteiger partial charge on any atom is 0.263 e. The van der Waals surface area contributed by atoms with Gasteiger partial charge in [-0.05, 0) is 25.7 Å². The van der Waals surface area contributed by atoms with E-state index in [1.807, 2.05) is 6.92 Å². The van der Waals surface area contributed by atoms with Gasteiger partial charge in [0.15, 0.2) is 0 Å². The Morgan fingerprint density at radius 3 is 2.75 bits per heavy atom. The molecule has 5 nitrogen and oxygen atoms in total. The zero-order valence-electron chi connectivity index (χ0n) is 10.2. The molecule has 0 saturated carbocycles. The average molecular weight is 230 g/mol.